The van der Waals surface area contributed by atoms with Gasteiger partial charge in [-0.3, -0.25) is 14.9 Å². The van der Waals surface area contributed by atoms with Gasteiger partial charge in [0, 0.05) is 23.5 Å². The minimum absolute atomic E-state index is 0.179. The van der Waals surface area contributed by atoms with Crippen LogP contribution in [-0.2, 0) is 16.2 Å². The molecular weight excluding hydrogens is 304 g/mol. The molecule has 5 heteroatoms. The third-order valence-electron chi connectivity index (χ3n) is 4.28. The first-order valence-electron chi connectivity index (χ1n) is 7.83. The molecule has 2 heterocycles. The average Bonchev–Trinajstić information content (AvgIpc) is 3.16. The summed E-state index contributed by atoms with van der Waals surface area (Å²) in [6.45, 7) is 0.445. The molecule has 1 unspecified atom stereocenters. The zero-order chi connectivity index (χ0) is 16.5. The molecular formula is C19H16N2O3. The second kappa shape index (κ2) is 5.85. The summed E-state index contributed by atoms with van der Waals surface area (Å²) >= 11 is 0. The summed E-state index contributed by atoms with van der Waals surface area (Å²) in [5, 5.41) is 3.23. The fraction of sp³-hybridized carbons (Fsp3) is 0.158. The van der Waals surface area contributed by atoms with E-state index >= 15 is 0 Å². The highest BCUT2D eigenvalue weighted by molar-refractivity contribution is 6.08. The van der Waals surface area contributed by atoms with Gasteiger partial charge in [-0.05, 0) is 23.3 Å². The Morgan fingerprint density at radius 2 is 1.88 bits per heavy atom. The molecule has 4 rings (SSSR count). The molecule has 2 amide bonds. The fourth-order valence-electron chi connectivity index (χ4n) is 3.11. The van der Waals surface area contributed by atoms with E-state index in [0.29, 0.717) is 12.4 Å². The van der Waals surface area contributed by atoms with E-state index in [4.69, 9.17) is 4.74 Å². The second-order valence-electron chi connectivity index (χ2n) is 5.87. The normalized spacial score (nSPS) is 17.2. The van der Waals surface area contributed by atoms with Gasteiger partial charge in [0.15, 0.2) is 0 Å². The Labute approximate surface area is 138 Å². The number of imide groups is 1. The molecule has 1 saturated heterocycles. The summed E-state index contributed by atoms with van der Waals surface area (Å²) < 4.78 is 5.99. The summed E-state index contributed by atoms with van der Waals surface area (Å²) in [7, 11) is 0. The van der Waals surface area contributed by atoms with Crippen molar-refractivity contribution in [1.29, 1.82) is 0 Å². The third-order valence-corrected chi connectivity index (χ3v) is 4.28. The Hall–Kier alpha value is -3.08. The van der Waals surface area contributed by atoms with Crippen LogP contribution in [0.15, 0.2) is 54.7 Å². The van der Waals surface area contributed by atoms with Crippen molar-refractivity contribution in [3.63, 3.8) is 0 Å². The Kier molecular flexibility index (Phi) is 3.54. The number of aromatic amines is 1. The van der Waals surface area contributed by atoms with E-state index in [9.17, 15) is 9.59 Å². The van der Waals surface area contributed by atoms with Crippen LogP contribution in [0.2, 0.25) is 0 Å². The van der Waals surface area contributed by atoms with Crippen LogP contribution < -0.4 is 10.1 Å². The lowest BCUT2D eigenvalue weighted by Crippen LogP contribution is -2.21. The first-order chi connectivity index (χ1) is 11.7. The third kappa shape index (κ3) is 2.54. The molecule has 0 saturated carbocycles. The molecule has 0 radical (unpaired) electrons. The lowest BCUT2D eigenvalue weighted by molar-refractivity contribution is -0.125. The molecule has 24 heavy (non-hydrogen) atoms. The highest BCUT2D eigenvalue weighted by atomic mass is 16.5. The van der Waals surface area contributed by atoms with Crippen molar-refractivity contribution in [2.45, 2.75) is 18.9 Å². The summed E-state index contributed by atoms with van der Waals surface area (Å²) in [5.41, 5.74) is 2.76. The van der Waals surface area contributed by atoms with Gasteiger partial charge in [-0.1, -0.05) is 36.4 Å². The van der Waals surface area contributed by atoms with E-state index in [2.05, 4.69) is 10.3 Å². The predicted molar refractivity (Wildman–Crippen MR) is 89.6 cm³/mol. The number of ether oxygens (including phenoxy) is 1. The molecule has 3 aromatic rings. The predicted octanol–water partition coefficient (Wildman–Crippen LogP) is 2.88. The maximum atomic E-state index is 12.0. The smallest absolute Gasteiger partial charge is 0.234 e. The maximum absolute atomic E-state index is 12.0. The SMILES string of the molecule is O=C1CC(c2c[nH]c3cccc(OCc4ccccc4)c23)C(=O)N1. The lowest BCUT2D eigenvalue weighted by atomic mass is 9.96. The van der Waals surface area contributed by atoms with Crippen LogP contribution in [0.5, 0.6) is 5.75 Å². The molecule has 0 bridgehead atoms. The van der Waals surface area contributed by atoms with Crippen molar-refractivity contribution < 1.29 is 14.3 Å². The van der Waals surface area contributed by atoms with Crippen molar-refractivity contribution in [2.24, 2.45) is 0 Å². The van der Waals surface area contributed by atoms with Crippen LogP contribution in [0.4, 0.5) is 0 Å². The van der Waals surface area contributed by atoms with E-state index in [0.717, 1.165) is 22.0 Å². The molecule has 1 atom stereocenters. The molecule has 2 aromatic carbocycles. The molecule has 0 spiro atoms. The highest BCUT2D eigenvalue weighted by Crippen LogP contribution is 2.36. The zero-order valence-corrected chi connectivity index (χ0v) is 12.9. The molecule has 5 nitrogen and oxygen atoms in total. The van der Waals surface area contributed by atoms with E-state index < -0.39 is 5.92 Å². The van der Waals surface area contributed by atoms with Crippen molar-refractivity contribution >= 4 is 22.7 Å². The van der Waals surface area contributed by atoms with Gasteiger partial charge in [-0.2, -0.15) is 0 Å². The molecule has 120 valence electrons. The molecule has 2 N–H and O–H groups in total. The molecule has 1 aromatic heterocycles. The van der Waals surface area contributed by atoms with Gasteiger partial charge < -0.3 is 9.72 Å². The van der Waals surface area contributed by atoms with Crippen molar-refractivity contribution in [3.8, 4) is 5.75 Å². The Balaban J connectivity index is 1.69. The molecule has 1 aliphatic heterocycles. The van der Waals surface area contributed by atoms with Crippen LogP contribution in [0.1, 0.15) is 23.5 Å². The molecule has 1 fully saturated rings. The largest absolute Gasteiger partial charge is 0.488 e. The second-order valence-corrected chi connectivity index (χ2v) is 5.87. The van der Waals surface area contributed by atoms with Gasteiger partial charge in [0.2, 0.25) is 11.8 Å². The molecule has 0 aliphatic carbocycles. The van der Waals surface area contributed by atoms with Crippen molar-refractivity contribution in [2.75, 3.05) is 0 Å². The zero-order valence-electron chi connectivity index (χ0n) is 12.9. The number of fused-ring (bicyclic) bond motifs is 1. The van der Waals surface area contributed by atoms with Gasteiger partial charge in [0.1, 0.15) is 12.4 Å². The lowest BCUT2D eigenvalue weighted by Gasteiger charge is -2.11. The van der Waals surface area contributed by atoms with Crippen LogP contribution in [0.3, 0.4) is 0 Å². The number of carbonyl (C=O) groups excluding carboxylic acids is 2. The van der Waals surface area contributed by atoms with Crippen LogP contribution in [-0.4, -0.2) is 16.8 Å². The number of hydrogen-bond donors (Lipinski definition) is 2. The summed E-state index contributed by atoms with van der Waals surface area (Å²) in [4.78, 5) is 26.7. The average molecular weight is 320 g/mol. The monoisotopic (exact) mass is 320 g/mol. The number of aromatic nitrogens is 1. The number of benzene rings is 2. The number of H-pyrrole nitrogens is 1. The Morgan fingerprint density at radius 1 is 1.04 bits per heavy atom. The van der Waals surface area contributed by atoms with E-state index in [1.165, 1.54) is 0 Å². The van der Waals surface area contributed by atoms with Gasteiger partial charge in [-0.25, -0.2) is 0 Å². The Morgan fingerprint density at radius 3 is 2.62 bits per heavy atom. The standard InChI is InChI=1S/C19H16N2O3/c22-17-9-13(19(23)21-17)14-10-20-15-7-4-8-16(18(14)15)24-11-12-5-2-1-3-6-12/h1-8,10,13,20H,9,11H2,(H,21,22,23). The van der Waals surface area contributed by atoms with Crippen LogP contribution in [0.25, 0.3) is 10.9 Å². The van der Waals surface area contributed by atoms with Crippen LogP contribution >= 0.6 is 0 Å². The maximum Gasteiger partial charge on any atom is 0.234 e. The number of carbonyl (C=O) groups is 2. The summed E-state index contributed by atoms with van der Waals surface area (Å²) in [6, 6.07) is 15.6. The van der Waals surface area contributed by atoms with Crippen molar-refractivity contribution in [1.82, 2.24) is 10.3 Å². The first-order valence-corrected chi connectivity index (χ1v) is 7.83. The van der Waals surface area contributed by atoms with Gasteiger partial charge in [0.05, 0.1) is 5.92 Å². The number of hydrogen-bond acceptors (Lipinski definition) is 3. The molecule has 1 aliphatic rings. The summed E-state index contributed by atoms with van der Waals surface area (Å²) in [6.07, 6.45) is 1.97. The van der Waals surface area contributed by atoms with E-state index in [1.54, 1.807) is 6.20 Å². The van der Waals surface area contributed by atoms with E-state index in [-0.39, 0.29) is 18.2 Å². The van der Waals surface area contributed by atoms with Gasteiger partial charge in [0.25, 0.3) is 0 Å². The minimum Gasteiger partial charge on any atom is -0.488 e. The minimum atomic E-state index is -0.465. The fourth-order valence-corrected chi connectivity index (χ4v) is 3.11. The Bertz CT molecular complexity index is 915. The topological polar surface area (TPSA) is 71.2 Å². The van der Waals surface area contributed by atoms with Crippen molar-refractivity contribution in [3.05, 3.63) is 65.9 Å². The quantitative estimate of drug-likeness (QED) is 0.726. The van der Waals surface area contributed by atoms with Crippen LogP contribution in [0, 0.1) is 0 Å². The number of rotatable bonds is 4. The van der Waals surface area contributed by atoms with Gasteiger partial charge >= 0.3 is 0 Å². The number of nitrogens with one attached hydrogen (secondary N) is 2. The summed E-state index contributed by atoms with van der Waals surface area (Å²) in [5.74, 6) is -0.242. The first kappa shape index (κ1) is 14.5. The van der Waals surface area contributed by atoms with E-state index in [1.807, 2.05) is 48.5 Å². The highest BCUT2D eigenvalue weighted by Gasteiger charge is 2.34. The number of amides is 2. The van der Waals surface area contributed by atoms with Gasteiger partial charge in [-0.15, -0.1) is 0 Å².